The van der Waals surface area contributed by atoms with Crippen LogP contribution in [0.15, 0.2) is 71.9 Å². The molecule has 1 fully saturated rings. The van der Waals surface area contributed by atoms with E-state index >= 15 is 0 Å². The fraction of sp³-hybridized carbons (Fsp3) is 0.323. The van der Waals surface area contributed by atoms with Crippen LogP contribution in [0.4, 0.5) is 11.4 Å². The Hall–Kier alpha value is -3.53. The number of hydrogen-bond acceptors (Lipinski definition) is 7. The number of methoxy groups -OCH3 is 1. The highest BCUT2D eigenvalue weighted by Crippen LogP contribution is 2.33. The molecule has 1 saturated heterocycles. The van der Waals surface area contributed by atoms with Crippen LogP contribution in [0.25, 0.3) is 17.1 Å². The Morgan fingerprint density at radius 1 is 1.00 bits per heavy atom. The molecule has 2 heterocycles. The minimum atomic E-state index is -0.132. The van der Waals surface area contributed by atoms with E-state index in [0.29, 0.717) is 21.8 Å². The van der Waals surface area contributed by atoms with Crippen molar-refractivity contribution in [2.75, 3.05) is 49.4 Å². The maximum atomic E-state index is 12.9. The summed E-state index contributed by atoms with van der Waals surface area (Å²) in [5, 5.41) is 13.0. The Morgan fingerprint density at radius 3 is 2.32 bits per heavy atom. The molecule has 0 spiro atoms. The normalized spacial score (nSPS) is 13.7. The Bertz CT molecular complexity index is 1490. The fourth-order valence-corrected chi connectivity index (χ4v) is 5.60. The molecule has 3 aromatic carbocycles. The van der Waals surface area contributed by atoms with Gasteiger partial charge in [0.15, 0.2) is 11.0 Å². The van der Waals surface area contributed by atoms with Crippen LogP contribution >= 0.6 is 23.4 Å². The Labute approximate surface area is 250 Å². The molecule has 0 atom stereocenters. The predicted molar refractivity (Wildman–Crippen MR) is 166 cm³/mol. The first kappa shape index (κ1) is 29.0. The molecule has 8 nitrogen and oxygen atoms in total. The minimum Gasteiger partial charge on any atom is -0.495 e. The van der Waals surface area contributed by atoms with E-state index in [4.69, 9.17) is 21.1 Å². The van der Waals surface area contributed by atoms with Crippen LogP contribution in [0, 0.1) is 0 Å². The first-order chi connectivity index (χ1) is 19.7. The molecule has 1 amide bonds. The fourth-order valence-electron chi connectivity index (χ4n) is 4.60. The number of aromatic nitrogens is 3. The summed E-state index contributed by atoms with van der Waals surface area (Å²) < 4.78 is 12.7. The zero-order chi connectivity index (χ0) is 29.0. The highest BCUT2D eigenvalue weighted by Gasteiger charge is 2.20. The molecule has 5 rings (SSSR count). The van der Waals surface area contributed by atoms with Gasteiger partial charge in [0.05, 0.1) is 36.8 Å². The zero-order valence-electron chi connectivity index (χ0n) is 23.7. The Morgan fingerprint density at radius 2 is 1.68 bits per heavy atom. The summed E-state index contributed by atoms with van der Waals surface area (Å²) in [7, 11) is 1.58. The maximum absolute atomic E-state index is 12.9. The summed E-state index contributed by atoms with van der Waals surface area (Å²) in [5.74, 6) is 1.27. The lowest BCUT2D eigenvalue weighted by Gasteiger charge is -2.28. The lowest BCUT2D eigenvalue weighted by atomic mass is 9.87. The summed E-state index contributed by atoms with van der Waals surface area (Å²) in [5.41, 5.74) is 4.81. The average Bonchev–Trinajstić information content (AvgIpc) is 3.40. The predicted octanol–water partition coefficient (Wildman–Crippen LogP) is 6.46. The van der Waals surface area contributed by atoms with Crippen molar-refractivity contribution >= 4 is 40.6 Å². The van der Waals surface area contributed by atoms with Crippen LogP contribution in [-0.4, -0.2) is 59.8 Å². The molecular formula is C31H34ClN5O3S. The molecule has 0 unspecified atom stereocenters. The van der Waals surface area contributed by atoms with E-state index in [-0.39, 0.29) is 17.1 Å². The number of ether oxygens (including phenoxy) is 2. The third-order valence-electron chi connectivity index (χ3n) is 6.90. The van der Waals surface area contributed by atoms with Crippen LogP contribution < -0.4 is 15.0 Å². The van der Waals surface area contributed by atoms with Gasteiger partial charge in [-0.2, -0.15) is 0 Å². The van der Waals surface area contributed by atoms with Gasteiger partial charge >= 0.3 is 0 Å². The number of hydrogen-bond donors (Lipinski definition) is 1. The number of morpholine rings is 1. The van der Waals surface area contributed by atoms with Crippen molar-refractivity contribution in [1.82, 2.24) is 14.8 Å². The molecular weight excluding hydrogens is 558 g/mol. The van der Waals surface area contributed by atoms with Gasteiger partial charge in [-0.25, -0.2) is 0 Å². The van der Waals surface area contributed by atoms with E-state index in [9.17, 15) is 4.79 Å². The van der Waals surface area contributed by atoms with Gasteiger partial charge in [-0.3, -0.25) is 9.36 Å². The van der Waals surface area contributed by atoms with Crippen molar-refractivity contribution in [1.29, 1.82) is 0 Å². The van der Waals surface area contributed by atoms with Gasteiger partial charge in [0.25, 0.3) is 0 Å². The number of carbonyl (C=O) groups is 1. The second-order valence-electron chi connectivity index (χ2n) is 10.8. The third kappa shape index (κ3) is 6.86. The first-order valence-corrected chi connectivity index (χ1v) is 14.8. The highest BCUT2D eigenvalue weighted by atomic mass is 35.5. The van der Waals surface area contributed by atoms with Gasteiger partial charge in [-0.1, -0.05) is 68.4 Å². The number of halogens is 1. The van der Waals surface area contributed by atoms with Crippen LogP contribution in [0.3, 0.4) is 0 Å². The monoisotopic (exact) mass is 591 g/mol. The largest absolute Gasteiger partial charge is 0.495 e. The van der Waals surface area contributed by atoms with Gasteiger partial charge < -0.3 is 19.7 Å². The van der Waals surface area contributed by atoms with E-state index in [2.05, 4.69) is 53.3 Å². The van der Waals surface area contributed by atoms with Crippen LogP contribution in [0.1, 0.15) is 26.3 Å². The van der Waals surface area contributed by atoms with Gasteiger partial charge in [0.1, 0.15) is 5.75 Å². The van der Waals surface area contributed by atoms with E-state index in [1.54, 1.807) is 7.11 Å². The summed E-state index contributed by atoms with van der Waals surface area (Å²) in [6.07, 6.45) is 0. The van der Waals surface area contributed by atoms with Crippen molar-refractivity contribution in [3.8, 4) is 22.8 Å². The summed E-state index contributed by atoms with van der Waals surface area (Å²) >= 11 is 7.80. The molecule has 1 aromatic heterocycles. The SMILES string of the molecule is COc1ccc(-n2c(SCC(=O)Nc3ccc(N4CCOCC4)cc3)nnc2-c2ccc(C(C)(C)C)cc2)cc1Cl. The van der Waals surface area contributed by atoms with Crippen molar-refractivity contribution in [2.45, 2.75) is 31.3 Å². The van der Waals surface area contributed by atoms with Crippen molar-refractivity contribution in [2.24, 2.45) is 0 Å². The highest BCUT2D eigenvalue weighted by molar-refractivity contribution is 7.99. The number of nitrogens with zero attached hydrogens (tertiary/aromatic N) is 4. The Kier molecular flexibility index (Phi) is 8.87. The number of benzene rings is 3. The van der Waals surface area contributed by atoms with E-state index < -0.39 is 0 Å². The summed E-state index contributed by atoms with van der Waals surface area (Å²) in [4.78, 5) is 15.2. The summed E-state index contributed by atoms with van der Waals surface area (Å²) in [6, 6.07) is 21.7. The number of thioether (sulfide) groups is 1. The van der Waals surface area contributed by atoms with Crippen LogP contribution in [-0.2, 0) is 14.9 Å². The molecule has 1 aliphatic rings. The first-order valence-electron chi connectivity index (χ1n) is 13.5. The molecule has 4 aromatic rings. The molecule has 214 valence electrons. The number of nitrogens with one attached hydrogen (secondary N) is 1. The average molecular weight is 592 g/mol. The van der Waals surface area contributed by atoms with Crippen molar-refractivity contribution in [3.05, 3.63) is 77.3 Å². The summed E-state index contributed by atoms with van der Waals surface area (Å²) in [6.45, 7) is 9.74. The topological polar surface area (TPSA) is 81.5 Å². The van der Waals surface area contributed by atoms with E-state index in [1.807, 2.05) is 59.2 Å². The van der Waals surface area contributed by atoms with Gasteiger partial charge in [0, 0.05) is 30.0 Å². The van der Waals surface area contributed by atoms with Gasteiger partial charge in [-0.05, 0) is 53.4 Å². The number of rotatable bonds is 8. The van der Waals surface area contributed by atoms with Crippen LogP contribution in [0.2, 0.25) is 5.02 Å². The molecule has 1 aliphatic heterocycles. The van der Waals surface area contributed by atoms with Crippen LogP contribution in [0.5, 0.6) is 5.75 Å². The quantitative estimate of drug-likeness (QED) is 0.235. The van der Waals surface area contributed by atoms with Gasteiger partial charge in [0.2, 0.25) is 5.91 Å². The van der Waals surface area contributed by atoms with Crippen molar-refractivity contribution < 1.29 is 14.3 Å². The van der Waals surface area contributed by atoms with Crippen molar-refractivity contribution in [3.63, 3.8) is 0 Å². The molecule has 0 bridgehead atoms. The molecule has 0 aliphatic carbocycles. The number of carbonyl (C=O) groups excluding carboxylic acids is 1. The molecule has 41 heavy (non-hydrogen) atoms. The second-order valence-corrected chi connectivity index (χ2v) is 12.1. The maximum Gasteiger partial charge on any atom is 0.234 e. The lowest BCUT2D eigenvalue weighted by molar-refractivity contribution is -0.113. The van der Waals surface area contributed by atoms with Gasteiger partial charge in [-0.15, -0.1) is 10.2 Å². The molecule has 0 saturated carbocycles. The molecule has 1 N–H and O–H groups in total. The molecule has 0 radical (unpaired) electrons. The van der Waals surface area contributed by atoms with E-state index in [1.165, 1.54) is 17.3 Å². The zero-order valence-corrected chi connectivity index (χ0v) is 25.3. The lowest BCUT2D eigenvalue weighted by Crippen LogP contribution is -2.36. The number of amides is 1. The second kappa shape index (κ2) is 12.5. The molecule has 10 heteroatoms. The standard InChI is InChI=1S/C31H34ClN5O3S/c1-31(2,3)22-7-5-21(6-8-22)29-34-35-30(37(29)25-13-14-27(39-4)26(32)19-25)41-20-28(38)33-23-9-11-24(12-10-23)36-15-17-40-18-16-36/h5-14,19H,15-18,20H2,1-4H3,(H,33,38). The Balaban J connectivity index is 1.35. The third-order valence-corrected chi connectivity index (χ3v) is 8.12. The number of anilines is 2. The smallest absolute Gasteiger partial charge is 0.234 e. The minimum absolute atomic E-state index is 0.0346. The van der Waals surface area contributed by atoms with E-state index in [0.717, 1.165) is 48.9 Å².